The predicted molar refractivity (Wildman–Crippen MR) is 66.8 cm³/mol. The maximum Gasteiger partial charge on any atom is 0.253 e. The van der Waals surface area contributed by atoms with E-state index in [4.69, 9.17) is 0 Å². The number of carbonyl (C=O) groups is 1. The normalized spacial score (nSPS) is 16.8. The zero-order valence-corrected chi connectivity index (χ0v) is 10.2. The quantitative estimate of drug-likeness (QED) is 0.852. The van der Waals surface area contributed by atoms with E-state index < -0.39 is 0 Å². The van der Waals surface area contributed by atoms with E-state index in [0.717, 1.165) is 38.0 Å². The summed E-state index contributed by atoms with van der Waals surface area (Å²) in [7, 11) is 1.88. The molecule has 2 heterocycles. The van der Waals surface area contributed by atoms with Crippen molar-refractivity contribution in [2.45, 2.75) is 12.8 Å². The van der Waals surface area contributed by atoms with E-state index in [1.165, 1.54) is 0 Å². The summed E-state index contributed by atoms with van der Waals surface area (Å²) in [5, 5.41) is 3.34. The molecule has 4 heteroatoms. The van der Waals surface area contributed by atoms with Gasteiger partial charge in [-0.2, -0.15) is 0 Å². The van der Waals surface area contributed by atoms with Gasteiger partial charge in [0.15, 0.2) is 0 Å². The first kappa shape index (κ1) is 12.0. The molecule has 92 valence electrons. The molecule has 0 aromatic carbocycles. The first-order valence-electron chi connectivity index (χ1n) is 6.13. The van der Waals surface area contributed by atoms with Gasteiger partial charge in [0.05, 0.1) is 0 Å². The van der Waals surface area contributed by atoms with Crippen LogP contribution < -0.4 is 5.32 Å². The Morgan fingerprint density at radius 3 is 2.71 bits per heavy atom. The molecule has 1 N–H and O–H groups in total. The van der Waals surface area contributed by atoms with E-state index in [9.17, 15) is 4.79 Å². The molecule has 0 atom stereocenters. The Kier molecular flexibility index (Phi) is 4.09. The molecule has 0 unspecified atom stereocenters. The van der Waals surface area contributed by atoms with Crippen LogP contribution >= 0.6 is 0 Å². The average Bonchev–Trinajstić information content (AvgIpc) is 2.40. The molecule has 1 aliphatic heterocycles. The number of nitrogens with zero attached hydrogens (tertiary/aromatic N) is 2. The lowest BCUT2D eigenvalue weighted by molar-refractivity contribution is 0.0762. The predicted octanol–water partition coefficient (Wildman–Crippen LogP) is 1.15. The lowest BCUT2D eigenvalue weighted by Gasteiger charge is -2.27. The summed E-state index contributed by atoms with van der Waals surface area (Å²) >= 11 is 0. The zero-order chi connectivity index (χ0) is 12.1. The van der Waals surface area contributed by atoms with Crippen LogP contribution in [0.5, 0.6) is 0 Å². The van der Waals surface area contributed by atoms with E-state index in [0.29, 0.717) is 5.92 Å². The first-order chi connectivity index (χ1) is 8.27. The minimum Gasteiger partial charge on any atom is -0.341 e. The van der Waals surface area contributed by atoms with Gasteiger partial charge < -0.3 is 10.2 Å². The lowest BCUT2D eigenvalue weighted by atomic mass is 9.97. The molecule has 17 heavy (non-hydrogen) atoms. The molecule has 1 aliphatic rings. The topological polar surface area (TPSA) is 45.2 Å². The van der Waals surface area contributed by atoms with Crippen molar-refractivity contribution in [1.82, 2.24) is 15.2 Å². The smallest absolute Gasteiger partial charge is 0.253 e. The van der Waals surface area contributed by atoms with Crippen LogP contribution in [0.2, 0.25) is 0 Å². The second-order valence-corrected chi connectivity index (χ2v) is 4.61. The minimum absolute atomic E-state index is 0.0888. The Bertz CT molecular complexity index is 360. The molecule has 0 bridgehead atoms. The Hall–Kier alpha value is -1.42. The fraction of sp³-hybridized carbons (Fsp3) is 0.538. The summed E-state index contributed by atoms with van der Waals surface area (Å²) in [6, 6.07) is 3.53. The molecule has 0 saturated carbocycles. The van der Waals surface area contributed by atoms with E-state index in [2.05, 4.69) is 10.3 Å². The largest absolute Gasteiger partial charge is 0.341 e. The summed E-state index contributed by atoms with van der Waals surface area (Å²) in [6.45, 7) is 2.99. The molecule has 0 spiro atoms. The van der Waals surface area contributed by atoms with Gasteiger partial charge in [-0.3, -0.25) is 9.78 Å². The Labute approximate surface area is 102 Å². The SMILES string of the molecule is CN(CC1CCNCC1)C(=O)c1ccncc1. The van der Waals surface area contributed by atoms with Gasteiger partial charge in [0.1, 0.15) is 0 Å². The van der Waals surface area contributed by atoms with Gasteiger partial charge >= 0.3 is 0 Å². The van der Waals surface area contributed by atoms with Crippen molar-refractivity contribution in [3.05, 3.63) is 30.1 Å². The van der Waals surface area contributed by atoms with E-state index in [1.807, 2.05) is 11.9 Å². The molecule has 1 saturated heterocycles. The number of carbonyl (C=O) groups excluding carboxylic acids is 1. The lowest BCUT2D eigenvalue weighted by Crippen LogP contribution is -2.37. The minimum atomic E-state index is 0.0888. The summed E-state index contributed by atoms with van der Waals surface area (Å²) in [6.07, 6.45) is 5.64. The number of hydrogen-bond donors (Lipinski definition) is 1. The van der Waals surface area contributed by atoms with Gasteiger partial charge in [-0.15, -0.1) is 0 Å². The Morgan fingerprint density at radius 2 is 2.06 bits per heavy atom. The summed E-state index contributed by atoms with van der Waals surface area (Å²) < 4.78 is 0. The molecule has 1 aromatic heterocycles. The van der Waals surface area contributed by atoms with E-state index in [-0.39, 0.29) is 5.91 Å². The van der Waals surface area contributed by atoms with Crippen LogP contribution in [0.15, 0.2) is 24.5 Å². The fourth-order valence-corrected chi connectivity index (χ4v) is 2.25. The summed E-state index contributed by atoms with van der Waals surface area (Å²) in [4.78, 5) is 17.8. The number of nitrogens with one attached hydrogen (secondary N) is 1. The standard InChI is InChI=1S/C13H19N3O/c1-16(10-11-2-6-14-7-3-11)13(17)12-4-8-15-9-5-12/h4-5,8-9,11,14H,2-3,6-7,10H2,1H3. The van der Waals surface area contributed by atoms with Crippen molar-refractivity contribution < 1.29 is 4.79 Å². The first-order valence-corrected chi connectivity index (χ1v) is 6.13. The maximum atomic E-state index is 12.1. The number of amides is 1. The molecular weight excluding hydrogens is 214 g/mol. The van der Waals surface area contributed by atoms with Gasteiger partial charge in [0, 0.05) is 31.5 Å². The Balaban J connectivity index is 1.91. The number of hydrogen-bond acceptors (Lipinski definition) is 3. The van der Waals surface area contributed by atoms with E-state index >= 15 is 0 Å². The molecule has 4 nitrogen and oxygen atoms in total. The van der Waals surface area contributed by atoms with Crippen LogP contribution in [0, 0.1) is 5.92 Å². The van der Waals surface area contributed by atoms with Gasteiger partial charge in [0.2, 0.25) is 0 Å². The summed E-state index contributed by atoms with van der Waals surface area (Å²) in [5.74, 6) is 0.720. The number of piperidine rings is 1. The molecule has 2 rings (SSSR count). The monoisotopic (exact) mass is 233 g/mol. The van der Waals surface area contributed by atoms with Crippen LogP contribution in [-0.2, 0) is 0 Å². The van der Waals surface area contributed by atoms with Crippen molar-refractivity contribution in [3.8, 4) is 0 Å². The van der Waals surface area contributed by atoms with Gasteiger partial charge in [-0.25, -0.2) is 0 Å². The molecule has 1 aromatic rings. The van der Waals surface area contributed by atoms with Crippen LogP contribution in [0.4, 0.5) is 0 Å². The van der Waals surface area contributed by atoms with Gasteiger partial charge in [-0.1, -0.05) is 0 Å². The third-order valence-corrected chi connectivity index (χ3v) is 3.26. The third kappa shape index (κ3) is 3.27. The van der Waals surface area contributed by atoms with Crippen molar-refractivity contribution in [3.63, 3.8) is 0 Å². The van der Waals surface area contributed by atoms with Crippen molar-refractivity contribution >= 4 is 5.91 Å². The van der Waals surface area contributed by atoms with Gasteiger partial charge in [0.25, 0.3) is 5.91 Å². The zero-order valence-electron chi connectivity index (χ0n) is 10.2. The highest BCUT2D eigenvalue weighted by molar-refractivity contribution is 5.93. The van der Waals surface area contributed by atoms with Crippen LogP contribution in [0.25, 0.3) is 0 Å². The number of pyridine rings is 1. The summed E-state index contributed by atoms with van der Waals surface area (Å²) in [5.41, 5.74) is 0.719. The van der Waals surface area contributed by atoms with Crippen molar-refractivity contribution in [1.29, 1.82) is 0 Å². The van der Waals surface area contributed by atoms with Crippen LogP contribution in [0.3, 0.4) is 0 Å². The second kappa shape index (κ2) is 5.77. The second-order valence-electron chi connectivity index (χ2n) is 4.61. The highest BCUT2D eigenvalue weighted by Crippen LogP contribution is 2.14. The highest BCUT2D eigenvalue weighted by atomic mass is 16.2. The third-order valence-electron chi connectivity index (χ3n) is 3.26. The van der Waals surface area contributed by atoms with Crippen LogP contribution in [0.1, 0.15) is 23.2 Å². The fourth-order valence-electron chi connectivity index (χ4n) is 2.25. The number of rotatable bonds is 3. The van der Waals surface area contributed by atoms with E-state index in [1.54, 1.807) is 24.5 Å². The van der Waals surface area contributed by atoms with Gasteiger partial charge in [-0.05, 0) is 44.0 Å². The molecule has 0 aliphatic carbocycles. The van der Waals surface area contributed by atoms with Crippen LogP contribution in [-0.4, -0.2) is 42.5 Å². The number of aromatic nitrogens is 1. The highest BCUT2D eigenvalue weighted by Gasteiger charge is 2.18. The molecule has 1 amide bonds. The Morgan fingerprint density at radius 1 is 1.41 bits per heavy atom. The molecule has 0 radical (unpaired) electrons. The molecular formula is C13H19N3O. The maximum absolute atomic E-state index is 12.1. The molecule has 1 fully saturated rings. The van der Waals surface area contributed by atoms with Crippen molar-refractivity contribution in [2.24, 2.45) is 5.92 Å². The average molecular weight is 233 g/mol. The van der Waals surface area contributed by atoms with Crippen molar-refractivity contribution in [2.75, 3.05) is 26.7 Å².